The first kappa shape index (κ1) is 16.5. The summed E-state index contributed by atoms with van der Waals surface area (Å²) < 4.78 is 5.69. The van der Waals surface area contributed by atoms with E-state index in [0.29, 0.717) is 11.6 Å². The zero-order chi connectivity index (χ0) is 15.4. The topological polar surface area (TPSA) is 38.3 Å². The number of halogens is 1. The van der Waals surface area contributed by atoms with E-state index in [1.165, 1.54) is 31.9 Å². The molecular weight excluding hydrogens is 330 g/mol. The maximum Gasteiger partial charge on any atom is 0.337 e. The number of nitrogens with one attached hydrogen (secondary N) is 1. The highest BCUT2D eigenvalue weighted by Crippen LogP contribution is 2.34. The molecule has 1 saturated carbocycles. The number of ether oxygens (including phenoxy) is 1. The summed E-state index contributed by atoms with van der Waals surface area (Å²) in [4.78, 5) is 11.5. The van der Waals surface area contributed by atoms with Gasteiger partial charge in [-0.1, -0.05) is 42.3 Å². The highest BCUT2D eigenvalue weighted by atomic mass is 79.9. The molecule has 1 aliphatic rings. The van der Waals surface area contributed by atoms with Crippen molar-refractivity contribution in [2.24, 2.45) is 11.8 Å². The molecule has 1 aliphatic carbocycles. The molecule has 4 heteroatoms. The molecule has 1 aromatic carbocycles. The molecule has 0 radical (unpaired) electrons. The number of benzene rings is 1. The third kappa shape index (κ3) is 3.86. The van der Waals surface area contributed by atoms with Crippen molar-refractivity contribution in [3.05, 3.63) is 33.8 Å². The van der Waals surface area contributed by atoms with Crippen LogP contribution in [0.25, 0.3) is 0 Å². The standard InChI is InChI=1S/C17H24BrNO2/c1-4-12-7-8-16(11(12)2)19-10-14-6-5-13(9-15(14)18)17(20)21-3/h5-6,9,11-12,16,19H,4,7-8,10H2,1-3H3. The summed E-state index contributed by atoms with van der Waals surface area (Å²) in [6.07, 6.45) is 3.87. The monoisotopic (exact) mass is 353 g/mol. The van der Waals surface area contributed by atoms with Crippen molar-refractivity contribution in [1.82, 2.24) is 5.32 Å². The van der Waals surface area contributed by atoms with Crippen molar-refractivity contribution in [3.63, 3.8) is 0 Å². The van der Waals surface area contributed by atoms with Crippen LogP contribution in [0.1, 0.15) is 49.0 Å². The van der Waals surface area contributed by atoms with E-state index >= 15 is 0 Å². The Morgan fingerprint density at radius 1 is 1.43 bits per heavy atom. The molecule has 116 valence electrons. The minimum Gasteiger partial charge on any atom is -0.465 e. The third-order valence-corrected chi connectivity index (χ3v) is 5.52. The molecule has 0 aliphatic heterocycles. The van der Waals surface area contributed by atoms with Crippen LogP contribution in [0.15, 0.2) is 22.7 Å². The van der Waals surface area contributed by atoms with Crippen LogP contribution >= 0.6 is 15.9 Å². The largest absolute Gasteiger partial charge is 0.465 e. The summed E-state index contributed by atoms with van der Waals surface area (Å²) in [6.45, 7) is 5.47. The van der Waals surface area contributed by atoms with Crippen LogP contribution in [-0.4, -0.2) is 19.1 Å². The second kappa shape index (κ2) is 7.41. The Hall–Kier alpha value is -0.870. The number of rotatable bonds is 5. The van der Waals surface area contributed by atoms with Crippen LogP contribution in [0.5, 0.6) is 0 Å². The lowest BCUT2D eigenvalue weighted by molar-refractivity contribution is 0.0600. The fourth-order valence-electron chi connectivity index (χ4n) is 3.29. The quantitative estimate of drug-likeness (QED) is 0.808. The molecule has 0 spiro atoms. The lowest BCUT2D eigenvalue weighted by Gasteiger charge is -2.21. The molecule has 1 fully saturated rings. The molecule has 1 N–H and O–H groups in total. The highest BCUT2D eigenvalue weighted by Gasteiger charge is 2.30. The van der Waals surface area contributed by atoms with Gasteiger partial charge in [-0.2, -0.15) is 0 Å². The SMILES string of the molecule is CCC1CCC(NCc2ccc(C(=O)OC)cc2Br)C1C. The molecular formula is C17H24BrNO2. The zero-order valence-corrected chi connectivity index (χ0v) is 14.6. The Balaban J connectivity index is 1.96. The van der Waals surface area contributed by atoms with Crippen molar-refractivity contribution in [3.8, 4) is 0 Å². The van der Waals surface area contributed by atoms with Gasteiger partial charge in [0.2, 0.25) is 0 Å². The molecule has 0 saturated heterocycles. The Kier molecular flexibility index (Phi) is 5.82. The van der Waals surface area contributed by atoms with E-state index in [0.717, 1.165) is 22.9 Å². The highest BCUT2D eigenvalue weighted by molar-refractivity contribution is 9.10. The summed E-state index contributed by atoms with van der Waals surface area (Å²) in [5, 5.41) is 3.67. The van der Waals surface area contributed by atoms with E-state index in [1.54, 1.807) is 0 Å². The van der Waals surface area contributed by atoms with E-state index in [2.05, 4.69) is 35.1 Å². The molecule has 0 amide bonds. The number of hydrogen-bond acceptors (Lipinski definition) is 3. The van der Waals surface area contributed by atoms with Gasteiger partial charge < -0.3 is 10.1 Å². The molecule has 2 rings (SSSR count). The number of carbonyl (C=O) groups is 1. The van der Waals surface area contributed by atoms with Gasteiger partial charge in [0.15, 0.2) is 0 Å². The van der Waals surface area contributed by atoms with Crippen LogP contribution in [0.4, 0.5) is 0 Å². The Bertz CT molecular complexity index is 504. The lowest BCUT2D eigenvalue weighted by Crippen LogP contribution is -2.32. The smallest absolute Gasteiger partial charge is 0.337 e. The van der Waals surface area contributed by atoms with Gasteiger partial charge in [-0.05, 0) is 42.4 Å². The van der Waals surface area contributed by atoms with Crippen molar-refractivity contribution < 1.29 is 9.53 Å². The number of esters is 1. The van der Waals surface area contributed by atoms with Crippen LogP contribution in [0, 0.1) is 11.8 Å². The summed E-state index contributed by atoms with van der Waals surface area (Å²) in [6, 6.07) is 6.23. The van der Waals surface area contributed by atoms with Gasteiger partial charge in [-0.15, -0.1) is 0 Å². The van der Waals surface area contributed by atoms with Crippen LogP contribution in [-0.2, 0) is 11.3 Å². The molecule has 1 aromatic rings. The maximum absolute atomic E-state index is 11.5. The minimum absolute atomic E-state index is 0.301. The van der Waals surface area contributed by atoms with Gasteiger partial charge in [-0.25, -0.2) is 4.79 Å². The molecule has 3 unspecified atom stereocenters. The average molecular weight is 354 g/mol. The van der Waals surface area contributed by atoms with E-state index in [9.17, 15) is 4.79 Å². The zero-order valence-electron chi connectivity index (χ0n) is 13.0. The van der Waals surface area contributed by atoms with Gasteiger partial charge in [-0.3, -0.25) is 0 Å². The van der Waals surface area contributed by atoms with Gasteiger partial charge in [0.1, 0.15) is 0 Å². The van der Waals surface area contributed by atoms with Gasteiger partial charge >= 0.3 is 5.97 Å². The van der Waals surface area contributed by atoms with E-state index < -0.39 is 0 Å². The normalized spacial score (nSPS) is 25.0. The molecule has 0 aromatic heterocycles. The molecule has 0 bridgehead atoms. The van der Waals surface area contributed by atoms with Gasteiger partial charge in [0, 0.05) is 17.1 Å². The van der Waals surface area contributed by atoms with Crippen LogP contribution in [0.3, 0.4) is 0 Å². The van der Waals surface area contributed by atoms with E-state index in [4.69, 9.17) is 4.74 Å². The summed E-state index contributed by atoms with van der Waals surface area (Å²) in [7, 11) is 1.40. The van der Waals surface area contributed by atoms with Crippen LogP contribution in [0.2, 0.25) is 0 Å². The van der Waals surface area contributed by atoms with Crippen molar-refractivity contribution >= 4 is 21.9 Å². The lowest BCUT2D eigenvalue weighted by atomic mass is 9.93. The first-order chi connectivity index (χ1) is 10.1. The maximum atomic E-state index is 11.5. The minimum atomic E-state index is -0.301. The average Bonchev–Trinajstić information content (AvgIpc) is 2.85. The van der Waals surface area contributed by atoms with Crippen molar-refractivity contribution in [2.75, 3.05) is 7.11 Å². The molecule has 3 nitrogen and oxygen atoms in total. The number of methoxy groups -OCH3 is 1. The van der Waals surface area contributed by atoms with Crippen LogP contribution < -0.4 is 5.32 Å². The van der Waals surface area contributed by atoms with Gasteiger partial charge in [0.25, 0.3) is 0 Å². The predicted octanol–water partition coefficient (Wildman–Crippen LogP) is 4.15. The second-order valence-electron chi connectivity index (χ2n) is 5.89. The third-order valence-electron chi connectivity index (χ3n) is 4.78. The van der Waals surface area contributed by atoms with Gasteiger partial charge in [0.05, 0.1) is 12.7 Å². The van der Waals surface area contributed by atoms with Crippen molar-refractivity contribution in [1.29, 1.82) is 0 Å². The first-order valence-corrected chi connectivity index (χ1v) is 8.46. The number of carbonyl (C=O) groups excluding carboxylic acids is 1. The fraction of sp³-hybridized carbons (Fsp3) is 0.588. The Morgan fingerprint density at radius 3 is 2.76 bits per heavy atom. The summed E-state index contributed by atoms with van der Waals surface area (Å²) >= 11 is 3.55. The Morgan fingerprint density at radius 2 is 2.19 bits per heavy atom. The molecule has 0 heterocycles. The number of hydrogen-bond donors (Lipinski definition) is 1. The second-order valence-corrected chi connectivity index (χ2v) is 6.74. The van der Waals surface area contributed by atoms with Crippen molar-refractivity contribution in [2.45, 2.75) is 45.7 Å². The fourth-order valence-corrected chi connectivity index (χ4v) is 3.81. The van der Waals surface area contributed by atoms with E-state index in [-0.39, 0.29) is 5.97 Å². The molecule has 21 heavy (non-hydrogen) atoms. The van der Waals surface area contributed by atoms with E-state index in [1.807, 2.05) is 18.2 Å². The summed E-state index contributed by atoms with van der Waals surface area (Å²) in [5.41, 5.74) is 1.75. The predicted molar refractivity (Wildman–Crippen MR) is 88.3 cm³/mol. The Labute approximate surface area is 135 Å². The summed E-state index contributed by atoms with van der Waals surface area (Å²) in [5.74, 6) is 1.29. The first-order valence-electron chi connectivity index (χ1n) is 7.67. The molecule has 3 atom stereocenters.